The summed E-state index contributed by atoms with van der Waals surface area (Å²) < 4.78 is 0. The maximum absolute atomic E-state index is 12.2. The number of amides is 1. The molecule has 3 unspecified atom stereocenters. The van der Waals surface area contributed by atoms with E-state index < -0.39 is 0 Å². The molecule has 124 valence electrons. The van der Waals surface area contributed by atoms with E-state index in [-0.39, 0.29) is 11.3 Å². The van der Waals surface area contributed by atoms with Crippen molar-refractivity contribution in [2.45, 2.75) is 77.5 Å². The zero-order valence-electron chi connectivity index (χ0n) is 14.3. The van der Waals surface area contributed by atoms with E-state index in [1.165, 1.54) is 12.2 Å². The van der Waals surface area contributed by atoms with Crippen molar-refractivity contribution in [3.63, 3.8) is 0 Å². The third-order valence-electron chi connectivity index (χ3n) is 4.61. The van der Waals surface area contributed by atoms with Gasteiger partial charge in [-0.05, 0) is 55.7 Å². The van der Waals surface area contributed by atoms with E-state index in [4.69, 9.17) is 5.73 Å². The first kappa shape index (κ1) is 18.8. The zero-order chi connectivity index (χ0) is 15.9. The molecule has 21 heavy (non-hydrogen) atoms. The monoisotopic (exact) mass is 314 g/mol. The first-order valence-electron chi connectivity index (χ1n) is 8.47. The number of hydrogen-bond acceptors (Lipinski definition) is 3. The molecule has 1 aliphatic rings. The van der Waals surface area contributed by atoms with Crippen LogP contribution in [0.1, 0.15) is 66.2 Å². The fourth-order valence-corrected chi connectivity index (χ4v) is 4.42. The van der Waals surface area contributed by atoms with Crippen LogP contribution >= 0.6 is 11.8 Å². The van der Waals surface area contributed by atoms with Gasteiger partial charge in [0, 0.05) is 17.7 Å². The van der Waals surface area contributed by atoms with Crippen molar-refractivity contribution in [1.29, 1.82) is 0 Å². The van der Waals surface area contributed by atoms with Gasteiger partial charge < -0.3 is 11.1 Å². The van der Waals surface area contributed by atoms with Gasteiger partial charge in [0.1, 0.15) is 0 Å². The molecule has 0 bridgehead atoms. The number of nitrogens with two attached hydrogens (primary N) is 1. The highest BCUT2D eigenvalue weighted by molar-refractivity contribution is 7.99. The van der Waals surface area contributed by atoms with Crippen LogP contribution in [0, 0.1) is 11.3 Å². The number of carbonyl (C=O) groups is 1. The lowest BCUT2D eigenvalue weighted by molar-refractivity contribution is -0.122. The van der Waals surface area contributed by atoms with Crippen LogP contribution in [0.5, 0.6) is 0 Å². The molecule has 0 aliphatic heterocycles. The van der Waals surface area contributed by atoms with Gasteiger partial charge >= 0.3 is 0 Å². The van der Waals surface area contributed by atoms with E-state index >= 15 is 0 Å². The second-order valence-corrected chi connectivity index (χ2v) is 8.91. The Balaban J connectivity index is 2.30. The lowest BCUT2D eigenvalue weighted by atomic mass is 9.76. The van der Waals surface area contributed by atoms with Crippen molar-refractivity contribution in [3.8, 4) is 0 Å². The van der Waals surface area contributed by atoms with Gasteiger partial charge in [0.15, 0.2) is 0 Å². The molecule has 0 saturated heterocycles. The summed E-state index contributed by atoms with van der Waals surface area (Å²) in [5.41, 5.74) is 5.94. The quantitative estimate of drug-likeness (QED) is 0.720. The molecule has 1 rings (SSSR count). The molecule has 0 radical (unpaired) electrons. The summed E-state index contributed by atoms with van der Waals surface area (Å²) in [4.78, 5) is 12.2. The molecule has 3 N–H and O–H groups in total. The molecule has 4 heteroatoms. The fraction of sp³-hybridized carbons (Fsp3) is 0.941. The van der Waals surface area contributed by atoms with Gasteiger partial charge in [0.2, 0.25) is 5.91 Å². The van der Waals surface area contributed by atoms with Crippen molar-refractivity contribution in [1.82, 2.24) is 5.32 Å². The van der Waals surface area contributed by atoms with Gasteiger partial charge in [0.25, 0.3) is 0 Å². The van der Waals surface area contributed by atoms with Gasteiger partial charge in [-0.3, -0.25) is 4.79 Å². The summed E-state index contributed by atoms with van der Waals surface area (Å²) in [6, 6.07) is 0.407. The Kier molecular flexibility index (Phi) is 8.10. The van der Waals surface area contributed by atoms with Crippen LogP contribution in [0.2, 0.25) is 0 Å². The van der Waals surface area contributed by atoms with Crippen LogP contribution < -0.4 is 11.1 Å². The molecule has 0 heterocycles. The van der Waals surface area contributed by atoms with Crippen molar-refractivity contribution in [2.24, 2.45) is 17.1 Å². The SMILES string of the molecule is CCSC1CCC(NC(=O)CCC(CCN)C(C)(C)C)C1. The summed E-state index contributed by atoms with van der Waals surface area (Å²) in [6.07, 6.45) is 6.15. The Morgan fingerprint density at radius 3 is 2.62 bits per heavy atom. The Hall–Kier alpha value is -0.220. The lowest BCUT2D eigenvalue weighted by Gasteiger charge is -2.30. The largest absolute Gasteiger partial charge is 0.353 e. The predicted octanol–water partition coefficient (Wildman–Crippen LogP) is 3.57. The Morgan fingerprint density at radius 1 is 1.33 bits per heavy atom. The van der Waals surface area contributed by atoms with Crippen LogP contribution in [-0.4, -0.2) is 29.5 Å². The number of carbonyl (C=O) groups excluding carboxylic acids is 1. The molecule has 0 spiro atoms. The molecule has 0 aromatic rings. The molecular weight excluding hydrogens is 280 g/mol. The molecule has 1 fully saturated rings. The number of nitrogens with one attached hydrogen (secondary N) is 1. The summed E-state index contributed by atoms with van der Waals surface area (Å²) >= 11 is 2.03. The minimum atomic E-state index is 0.230. The maximum Gasteiger partial charge on any atom is 0.220 e. The van der Waals surface area contributed by atoms with Crippen LogP contribution in [0.15, 0.2) is 0 Å². The second kappa shape index (κ2) is 9.04. The van der Waals surface area contributed by atoms with E-state index in [9.17, 15) is 4.79 Å². The van der Waals surface area contributed by atoms with Gasteiger partial charge in [-0.15, -0.1) is 0 Å². The van der Waals surface area contributed by atoms with Gasteiger partial charge in [-0.2, -0.15) is 11.8 Å². The van der Waals surface area contributed by atoms with E-state index in [1.54, 1.807) is 0 Å². The molecule has 1 amide bonds. The summed E-state index contributed by atoms with van der Waals surface area (Å²) in [6.45, 7) is 9.65. The smallest absolute Gasteiger partial charge is 0.220 e. The number of thioether (sulfide) groups is 1. The van der Waals surface area contributed by atoms with Crippen molar-refractivity contribution >= 4 is 17.7 Å². The molecule has 3 atom stereocenters. The lowest BCUT2D eigenvalue weighted by Crippen LogP contribution is -2.34. The number of hydrogen-bond donors (Lipinski definition) is 2. The van der Waals surface area contributed by atoms with Gasteiger partial charge in [0.05, 0.1) is 0 Å². The summed E-state index contributed by atoms with van der Waals surface area (Å²) in [5.74, 6) is 1.94. The zero-order valence-corrected chi connectivity index (χ0v) is 15.1. The summed E-state index contributed by atoms with van der Waals surface area (Å²) in [7, 11) is 0. The molecule has 0 aromatic heterocycles. The predicted molar refractivity (Wildman–Crippen MR) is 93.6 cm³/mol. The molecule has 3 nitrogen and oxygen atoms in total. The highest BCUT2D eigenvalue weighted by Gasteiger charge is 2.27. The van der Waals surface area contributed by atoms with Gasteiger partial charge in [-0.1, -0.05) is 27.7 Å². The molecule has 1 aliphatic carbocycles. The maximum atomic E-state index is 12.2. The summed E-state index contributed by atoms with van der Waals surface area (Å²) in [5, 5.41) is 3.98. The van der Waals surface area contributed by atoms with Crippen molar-refractivity contribution in [3.05, 3.63) is 0 Å². The van der Waals surface area contributed by atoms with E-state index in [0.29, 0.717) is 24.9 Å². The Morgan fingerprint density at radius 2 is 2.05 bits per heavy atom. The van der Waals surface area contributed by atoms with Crippen LogP contribution in [-0.2, 0) is 4.79 Å². The van der Waals surface area contributed by atoms with Crippen LogP contribution in [0.3, 0.4) is 0 Å². The third-order valence-corrected chi connectivity index (χ3v) is 5.84. The minimum Gasteiger partial charge on any atom is -0.353 e. The average Bonchev–Trinajstić information content (AvgIpc) is 2.81. The third kappa shape index (κ3) is 7.05. The van der Waals surface area contributed by atoms with Crippen molar-refractivity contribution < 1.29 is 4.79 Å². The van der Waals surface area contributed by atoms with E-state index in [2.05, 4.69) is 33.0 Å². The second-order valence-electron chi connectivity index (χ2n) is 7.33. The highest BCUT2D eigenvalue weighted by atomic mass is 32.2. The normalized spacial score (nSPS) is 24.0. The standard InChI is InChI=1S/C17H34N2OS/c1-5-21-15-8-7-14(12-15)19-16(20)9-6-13(10-11-18)17(2,3)4/h13-15H,5-12,18H2,1-4H3,(H,19,20). The topological polar surface area (TPSA) is 55.1 Å². The first-order valence-corrected chi connectivity index (χ1v) is 9.52. The highest BCUT2D eigenvalue weighted by Crippen LogP contribution is 2.32. The van der Waals surface area contributed by atoms with Crippen LogP contribution in [0.4, 0.5) is 0 Å². The van der Waals surface area contributed by atoms with Crippen molar-refractivity contribution in [2.75, 3.05) is 12.3 Å². The minimum absolute atomic E-state index is 0.230. The fourth-order valence-electron chi connectivity index (χ4n) is 3.28. The average molecular weight is 315 g/mol. The first-order chi connectivity index (χ1) is 9.86. The number of rotatable bonds is 8. The van der Waals surface area contributed by atoms with Crippen LogP contribution in [0.25, 0.3) is 0 Å². The van der Waals surface area contributed by atoms with Gasteiger partial charge in [-0.25, -0.2) is 0 Å². The van der Waals surface area contributed by atoms with E-state index in [0.717, 1.165) is 30.9 Å². The molecular formula is C17H34N2OS. The molecule has 0 aromatic carbocycles. The van der Waals surface area contributed by atoms with E-state index in [1.807, 2.05) is 11.8 Å². The Bertz CT molecular complexity index is 314. The Labute approximate surface area is 135 Å². The molecule has 1 saturated carbocycles.